The highest BCUT2D eigenvalue weighted by molar-refractivity contribution is 6.03. The molecule has 6 aromatic rings. The monoisotopic (exact) mass is 1680 g/mol. The number of nitrogens with one attached hydrogen (secondary N) is 5. The van der Waals surface area contributed by atoms with Crippen LogP contribution in [0.1, 0.15) is 165 Å². The Balaban J connectivity index is 0.000000261. The summed E-state index contributed by atoms with van der Waals surface area (Å²) in [5.74, 6) is -2.95. The molecule has 4 saturated heterocycles. The fraction of sp³-hybridized carbons (Fsp3) is 0.494. The molecule has 8 heterocycles. The number of carbonyl (C=O) groups excluding carboxylic acids is 12. The fourth-order valence-electron chi connectivity index (χ4n) is 15.4. The van der Waals surface area contributed by atoms with Crippen molar-refractivity contribution in [2.24, 2.45) is 29.6 Å². The topological polar surface area (TPSA) is 476 Å². The maximum absolute atomic E-state index is 13.6. The molecule has 0 spiro atoms. The van der Waals surface area contributed by atoms with Crippen LogP contribution in [0.5, 0.6) is 23.0 Å². The lowest BCUT2D eigenvalue weighted by atomic mass is 9.91. The highest BCUT2D eigenvalue weighted by Gasteiger charge is 2.44. The number of carboxylic acid groups (broad SMARTS) is 1. The van der Waals surface area contributed by atoms with Gasteiger partial charge in [0.2, 0.25) is 43.0 Å². The lowest BCUT2D eigenvalue weighted by Gasteiger charge is -2.30. The first-order valence-electron chi connectivity index (χ1n) is 40.0. The molecule has 9 N–H and O–H groups in total. The minimum atomic E-state index is -0.931. The van der Waals surface area contributed by atoms with E-state index in [9.17, 15) is 57.5 Å². The van der Waals surface area contributed by atoms with Gasteiger partial charge in [0.1, 0.15) is 41.9 Å². The zero-order valence-corrected chi connectivity index (χ0v) is 70.3. The second-order valence-corrected chi connectivity index (χ2v) is 31.0. The lowest BCUT2D eigenvalue weighted by Crippen LogP contribution is -2.54. The largest absolute Gasteiger partial charge is 0.481 e. The number of hydrogen-bond acceptors (Lipinski definition) is 26. The summed E-state index contributed by atoms with van der Waals surface area (Å²) >= 11 is 0. The van der Waals surface area contributed by atoms with Gasteiger partial charge in [-0.25, -0.2) is 33.9 Å². The number of carboxylic acids is 1. The maximum Gasteiger partial charge on any atom is 0.407 e. The first-order chi connectivity index (χ1) is 57.4. The van der Waals surface area contributed by atoms with Crippen molar-refractivity contribution in [3.63, 3.8) is 0 Å². The summed E-state index contributed by atoms with van der Waals surface area (Å²) in [6.45, 7) is 16.3. The number of carbonyl (C=O) groups is 13. The average molecular weight is 1680 g/mol. The molecule has 0 aliphatic carbocycles. The molecule has 36 nitrogen and oxygen atoms in total. The normalized spacial score (nSPS) is 17.7. The van der Waals surface area contributed by atoms with E-state index in [-0.39, 0.29) is 109 Å². The molecule has 0 radical (unpaired) electrons. The van der Waals surface area contributed by atoms with Crippen LogP contribution >= 0.6 is 0 Å². The van der Waals surface area contributed by atoms with Crippen LogP contribution in [0.4, 0.5) is 14.4 Å². The third-order valence-electron chi connectivity index (χ3n) is 21.8. The zero-order valence-electron chi connectivity index (χ0n) is 70.3. The smallest absolute Gasteiger partial charge is 0.407 e. The Labute approximate surface area is 699 Å². The Morgan fingerprint density at radius 2 is 0.826 bits per heavy atom. The van der Waals surface area contributed by atoms with Crippen LogP contribution in [-0.4, -0.2) is 234 Å². The summed E-state index contributed by atoms with van der Waals surface area (Å²) in [7, 11) is 5.01. The number of aliphatic carboxylic acids is 1. The van der Waals surface area contributed by atoms with Gasteiger partial charge in [-0.15, -0.1) is 0 Å². The van der Waals surface area contributed by atoms with E-state index in [1.165, 1.54) is 44.3 Å². The zero-order chi connectivity index (χ0) is 86.9. The van der Waals surface area contributed by atoms with Crippen LogP contribution < -0.4 is 41.0 Å². The lowest BCUT2D eigenvalue weighted by molar-refractivity contribution is -0.153. The van der Waals surface area contributed by atoms with E-state index < -0.39 is 109 Å². The average Bonchev–Trinajstić information content (AvgIpc) is 1.76. The number of benzene rings is 4. The van der Waals surface area contributed by atoms with Crippen LogP contribution in [0.15, 0.2) is 85.2 Å². The fourth-order valence-corrected chi connectivity index (χ4v) is 15.4. The predicted octanol–water partition coefficient (Wildman–Crippen LogP) is 9.94. The highest BCUT2D eigenvalue weighted by atomic mass is 16.7. The van der Waals surface area contributed by atoms with Crippen molar-refractivity contribution in [1.82, 2.24) is 61.6 Å². The number of H-pyrrole nitrogens is 2. The Morgan fingerprint density at radius 1 is 0.455 bits per heavy atom. The van der Waals surface area contributed by atoms with Crippen molar-refractivity contribution in [1.29, 1.82) is 0 Å². The van der Waals surface area contributed by atoms with Crippen molar-refractivity contribution < 1.29 is 115 Å². The van der Waals surface area contributed by atoms with Gasteiger partial charge in [-0.05, 0) is 116 Å². The van der Waals surface area contributed by atoms with Crippen LogP contribution in [0.2, 0.25) is 0 Å². The Hall–Kier alpha value is -12.6. The second kappa shape index (κ2) is 41.9. The van der Waals surface area contributed by atoms with Crippen molar-refractivity contribution in [2.75, 3.05) is 81.4 Å². The van der Waals surface area contributed by atoms with E-state index in [0.29, 0.717) is 73.8 Å². The number of rotatable bonds is 27. The standard InChI is InChI=1S/C42H51N7O8.C41H50N4O14.C2H4O2.H3N/c1-23(2)29(19-34(50)54-5)40(51)48-17-7-9-32(48)38-43-20-30(45-38)26-13-11-25(12-14-26)27-15-16-28(37-36(27)56-22-57-37)31-21-44-39(46-31)33-10-8-18-49(33)41(52)35(24(3)4)47-42(53)55-6;1-22(2)32(42-40(52)54-5)36(48)44-17-7-9-28(44)38(50)56-19-30(46)25-13-11-24(12-14-25)26-15-16-27(35-34(26)58-21-59-35)31(47)20-57-39(51)29-10-8-18-45(29)37(49)33(23(3)4)43-41(53)55-6;1-2(3)4;/h11-16,20-21,23-24,29,32-33,35H,7-10,17-19,22H2,1-6H3,(H,43,45)(H,44,46)(H,47,53);11-16,22-23,28-29,32-33H,7-10,17-21H2,1-6H3,(H,42,52)(H,43,53);1H3,(H,3,4);1H3/t29-,32-,33-,35-;28-,29-,32-,33-;;/m00../s1. The number of aromatic nitrogens is 4. The van der Waals surface area contributed by atoms with Gasteiger partial charge in [0.25, 0.3) is 5.97 Å². The molecule has 0 saturated carbocycles. The number of Topliss-reactive ketones (excluding diaryl/α,β-unsaturated/α-hetero) is 2. The molecule has 6 aliphatic rings. The van der Waals surface area contributed by atoms with Gasteiger partial charge < -0.3 is 104 Å². The SMILES string of the molecule is CC(=O)O.COC(=O)C[C@H](C(=O)N1CCC[C@H]1c1ncc(-c2ccc(-c3ccc(-c4cnc([C@@H]5CCCN5C(=O)[C@@H](NC(=O)OC)C(C)C)[nH]4)c4c3OCO4)cc2)[nH]1)C(C)C.COC(=O)N[C@H](C(=O)N1CCC[C@H]1C(=O)OCC(=O)c1ccc(-c2ccc(C(=O)COC(=O)[C@@H]3CCCN3C(=O)[C@@H](NC(=O)OC)C(C)C)c3c2OCO3)cc1)C(C)C.N. The van der Waals surface area contributed by atoms with E-state index in [2.05, 4.69) is 35.4 Å². The number of methoxy groups -OCH3 is 4. The Morgan fingerprint density at radius 3 is 1.28 bits per heavy atom. The van der Waals surface area contributed by atoms with E-state index in [4.69, 9.17) is 57.8 Å². The van der Waals surface area contributed by atoms with E-state index in [1.807, 2.05) is 69.0 Å². The summed E-state index contributed by atoms with van der Waals surface area (Å²) in [6, 6.07) is 16.8. The number of hydrogen-bond donors (Lipinski definition) is 7. The molecule has 121 heavy (non-hydrogen) atoms. The third-order valence-corrected chi connectivity index (χ3v) is 21.8. The molecule has 0 unspecified atom stereocenters. The number of alkyl carbamates (subject to hydrolysis) is 3. The quantitative estimate of drug-likeness (QED) is 0.0143. The Bertz CT molecular complexity index is 4750. The molecule has 4 fully saturated rings. The van der Waals surface area contributed by atoms with Crippen molar-refractivity contribution in [2.45, 2.75) is 162 Å². The molecule has 652 valence electrons. The van der Waals surface area contributed by atoms with Gasteiger partial charge in [0, 0.05) is 55.4 Å². The van der Waals surface area contributed by atoms with Crippen molar-refractivity contribution >= 4 is 77.4 Å². The van der Waals surface area contributed by atoms with Gasteiger partial charge in [-0.3, -0.25) is 38.4 Å². The molecule has 4 aromatic carbocycles. The summed E-state index contributed by atoms with van der Waals surface area (Å²) in [4.78, 5) is 186. The number of fused-ring (bicyclic) bond motifs is 2. The molecule has 0 bridgehead atoms. The molecule has 7 amide bonds. The van der Waals surface area contributed by atoms with Gasteiger partial charge >= 0.3 is 36.2 Å². The van der Waals surface area contributed by atoms with Gasteiger partial charge in [-0.1, -0.05) is 104 Å². The number of ether oxygens (including phenoxy) is 10. The van der Waals surface area contributed by atoms with Crippen molar-refractivity contribution in [3.05, 3.63) is 108 Å². The number of likely N-dealkylation sites (tertiary alicyclic amines) is 4. The molecular formula is C85H108N12O24. The maximum atomic E-state index is 13.6. The summed E-state index contributed by atoms with van der Waals surface area (Å²) in [5, 5.41) is 15.1. The highest BCUT2D eigenvalue weighted by Crippen LogP contribution is 2.49. The van der Waals surface area contributed by atoms with Crippen LogP contribution in [0, 0.1) is 29.6 Å². The number of aromatic amines is 2. The van der Waals surface area contributed by atoms with Gasteiger partial charge in [0.05, 0.1) is 82.2 Å². The number of amides is 7. The molecule has 6 aliphatic heterocycles. The predicted molar refractivity (Wildman–Crippen MR) is 434 cm³/mol. The number of esters is 3. The number of imidazole rings is 2. The second-order valence-electron chi connectivity index (χ2n) is 31.0. The summed E-state index contributed by atoms with van der Waals surface area (Å²) in [5.41, 5.74) is 6.68. The molecule has 36 heteroatoms. The van der Waals surface area contributed by atoms with Crippen LogP contribution in [-0.2, 0) is 66.8 Å². The van der Waals surface area contributed by atoms with Gasteiger partial charge in [0.15, 0.2) is 42.0 Å². The number of ketones is 2. The molecule has 8 atom stereocenters. The minimum Gasteiger partial charge on any atom is -0.481 e. The molecular weight excluding hydrogens is 1570 g/mol. The Kier molecular flexibility index (Phi) is 31.9. The van der Waals surface area contributed by atoms with Gasteiger partial charge in [-0.2, -0.15) is 0 Å². The molecule has 12 rings (SSSR count). The molecule has 2 aromatic heterocycles. The minimum absolute atomic E-state index is 0. The number of nitrogens with zero attached hydrogens (tertiary/aromatic N) is 6. The van der Waals surface area contributed by atoms with Crippen molar-refractivity contribution in [3.8, 4) is 67.8 Å². The first-order valence-corrected chi connectivity index (χ1v) is 40.0. The van der Waals surface area contributed by atoms with Crippen LogP contribution in [0.25, 0.3) is 44.8 Å². The van der Waals surface area contributed by atoms with E-state index >= 15 is 0 Å². The first kappa shape index (κ1) is 92.3. The van der Waals surface area contributed by atoms with E-state index in [1.54, 1.807) is 75.3 Å². The van der Waals surface area contributed by atoms with E-state index in [0.717, 1.165) is 72.1 Å². The van der Waals surface area contributed by atoms with Crippen LogP contribution in [0.3, 0.4) is 0 Å². The third kappa shape index (κ3) is 21.9. The summed E-state index contributed by atoms with van der Waals surface area (Å²) < 4.78 is 53.1. The summed E-state index contributed by atoms with van der Waals surface area (Å²) in [6.07, 6.45) is 6.39.